The molecule has 1 N–H and O–H groups in total. The third-order valence-corrected chi connectivity index (χ3v) is 8.63. The predicted octanol–water partition coefficient (Wildman–Crippen LogP) is 0.796. The Labute approximate surface area is 146 Å². The first-order valence-electron chi connectivity index (χ1n) is 7.25. The number of sulfone groups is 1. The van der Waals surface area contributed by atoms with Crippen molar-refractivity contribution in [1.29, 1.82) is 0 Å². The fourth-order valence-electron chi connectivity index (χ4n) is 2.23. The van der Waals surface area contributed by atoms with Crippen LogP contribution in [0.4, 0.5) is 5.69 Å². The molecule has 1 aromatic carbocycles. The minimum absolute atomic E-state index is 0.0544. The van der Waals surface area contributed by atoms with Crippen LogP contribution in [0.25, 0.3) is 0 Å². The van der Waals surface area contributed by atoms with E-state index in [2.05, 4.69) is 5.32 Å². The minimum Gasteiger partial charge on any atom is -0.325 e. The Morgan fingerprint density at radius 2 is 2.08 bits per heavy atom. The highest BCUT2D eigenvalue weighted by Crippen LogP contribution is 2.24. The standard InChI is InChI=1S/C14H20N2O5S3/c1-16(2)24(20,21)13-5-3-4-11(8-13)15-14(17)9-22-12-6-7-23(18,19)10-12/h3-5,8,12H,6-7,9-10H2,1-2H3,(H,15,17)/t12-/m0/s1. The quantitative estimate of drug-likeness (QED) is 0.768. The molecule has 0 radical (unpaired) electrons. The average molecular weight is 393 g/mol. The summed E-state index contributed by atoms with van der Waals surface area (Å²) in [5.41, 5.74) is 0.391. The van der Waals surface area contributed by atoms with Crippen molar-refractivity contribution in [3.8, 4) is 0 Å². The molecule has 0 aromatic heterocycles. The Kier molecular flexibility index (Phi) is 5.95. The van der Waals surface area contributed by atoms with Crippen molar-refractivity contribution in [2.24, 2.45) is 0 Å². The van der Waals surface area contributed by atoms with Crippen LogP contribution in [0.1, 0.15) is 6.42 Å². The van der Waals surface area contributed by atoms with Crippen LogP contribution in [0.2, 0.25) is 0 Å². The van der Waals surface area contributed by atoms with Crippen LogP contribution in [0.3, 0.4) is 0 Å². The first-order valence-corrected chi connectivity index (χ1v) is 11.6. The SMILES string of the molecule is CN(C)S(=O)(=O)c1cccc(NC(=O)CS[C@H]2CCS(=O)(=O)C2)c1. The number of amides is 1. The molecule has 0 unspecified atom stereocenters. The van der Waals surface area contributed by atoms with E-state index < -0.39 is 19.9 Å². The van der Waals surface area contributed by atoms with Crippen LogP contribution < -0.4 is 5.32 Å². The van der Waals surface area contributed by atoms with Gasteiger partial charge in [-0.1, -0.05) is 6.07 Å². The number of thioether (sulfide) groups is 1. The molecule has 1 heterocycles. The van der Waals surface area contributed by atoms with Gasteiger partial charge in [-0.15, -0.1) is 11.8 Å². The fraction of sp³-hybridized carbons (Fsp3) is 0.500. The molecule has 1 fully saturated rings. The summed E-state index contributed by atoms with van der Waals surface area (Å²) in [6.45, 7) is 0. The maximum absolute atomic E-state index is 12.1. The third kappa shape index (κ3) is 4.95. The van der Waals surface area contributed by atoms with Crippen molar-refractivity contribution < 1.29 is 21.6 Å². The maximum Gasteiger partial charge on any atom is 0.242 e. The number of sulfonamides is 1. The second-order valence-corrected chi connectivity index (χ2v) is 11.4. The molecule has 1 aliphatic heterocycles. The number of anilines is 1. The monoisotopic (exact) mass is 392 g/mol. The number of hydrogen-bond donors (Lipinski definition) is 1. The highest BCUT2D eigenvalue weighted by molar-refractivity contribution is 8.02. The highest BCUT2D eigenvalue weighted by atomic mass is 32.2. The summed E-state index contributed by atoms with van der Waals surface area (Å²) in [6.07, 6.45) is 0.566. The van der Waals surface area contributed by atoms with Crippen LogP contribution in [0.5, 0.6) is 0 Å². The number of carbonyl (C=O) groups excluding carboxylic acids is 1. The summed E-state index contributed by atoms with van der Waals surface area (Å²) in [7, 11) is -3.64. The molecule has 0 bridgehead atoms. The van der Waals surface area contributed by atoms with E-state index in [1.807, 2.05) is 0 Å². The second-order valence-electron chi connectivity index (χ2n) is 5.70. The zero-order valence-electron chi connectivity index (χ0n) is 13.4. The number of nitrogens with one attached hydrogen (secondary N) is 1. The summed E-state index contributed by atoms with van der Waals surface area (Å²) in [4.78, 5) is 12.1. The van der Waals surface area contributed by atoms with Crippen LogP contribution in [-0.4, -0.2) is 63.7 Å². The van der Waals surface area contributed by atoms with E-state index in [-0.39, 0.29) is 33.3 Å². The van der Waals surface area contributed by atoms with E-state index >= 15 is 0 Å². The van der Waals surface area contributed by atoms with Crippen molar-refractivity contribution in [3.05, 3.63) is 24.3 Å². The van der Waals surface area contributed by atoms with E-state index in [1.54, 1.807) is 12.1 Å². The normalized spacial score (nSPS) is 20.2. The van der Waals surface area contributed by atoms with Gasteiger partial charge in [0.2, 0.25) is 15.9 Å². The van der Waals surface area contributed by atoms with Gasteiger partial charge in [0.25, 0.3) is 0 Å². The smallest absolute Gasteiger partial charge is 0.242 e. The average Bonchev–Trinajstić information content (AvgIpc) is 2.84. The van der Waals surface area contributed by atoms with E-state index in [0.717, 1.165) is 4.31 Å². The third-order valence-electron chi connectivity index (χ3n) is 3.54. The molecule has 1 aliphatic rings. The fourth-order valence-corrected chi connectivity index (χ4v) is 6.62. The van der Waals surface area contributed by atoms with Gasteiger partial charge in [0.1, 0.15) is 0 Å². The molecule has 10 heteroatoms. The molecule has 24 heavy (non-hydrogen) atoms. The van der Waals surface area contributed by atoms with E-state index in [4.69, 9.17) is 0 Å². The molecular formula is C14H20N2O5S3. The molecule has 1 saturated heterocycles. The molecule has 7 nitrogen and oxygen atoms in total. The van der Waals surface area contributed by atoms with Gasteiger partial charge in [-0.3, -0.25) is 4.79 Å². The van der Waals surface area contributed by atoms with Gasteiger partial charge < -0.3 is 5.32 Å². The van der Waals surface area contributed by atoms with E-state index in [1.165, 1.54) is 38.0 Å². The lowest BCUT2D eigenvalue weighted by Crippen LogP contribution is -2.22. The highest BCUT2D eigenvalue weighted by Gasteiger charge is 2.28. The number of nitrogens with zero attached hydrogens (tertiary/aromatic N) is 1. The van der Waals surface area contributed by atoms with Crippen LogP contribution >= 0.6 is 11.8 Å². The van der Waals surface area contributed by atoms with E-state index in [9.17, 15) is 21.6 Å². The maximum atomic E-state index is 12.1. The van der Waals surface area contributed by atoms with E-state index in [0.29, 0.717) is 12.1 Å². The van der Waals surface area contributed by atoms with Crippen molar-refractivity contribution in [2.75, 3.05) is 36.7 Å². The summed E-state index contributed by atoms with van der Waals surface area (Å²) in [6, 6.07) is 6.03. The molecule has 2 rings (SSSR count). The van der Waals surface area contributed by atoms with Crippen molar-refractivity contribution >= 4 is 43.2 Å². The molecule has 0 aliphatic carbocycles. The van der Waals surface area contributed by atoms with Crippen molar-refractivity contribution in [2.45, 2.75) is 16.6 Å². The zero-order valence-corrected chi connectivity index (χ0v) is 15.9. The van der Waals surface area contributed by atoms with Crippen molar-refractivity contribution in [1.82, 2.24) is 4.31 Å². The Morgan fingerprint density at radius 1 is 1.38 bits per heavy atom. The number of carbonyl (C=O) groups is 1. The largest absolute Gasteiger partial charge is 0.325 e. The first kappa shape index (κ1) is 19.2. The summed E-state index contributed by atoms with van der Waals surface area (Å²) in [5, 5.41) is 2.59. The Morgan fingerprint density at radius 3 is 2.67 bits per heavy atom. The molecule has 1 amide bonds. The predicted molar refractivity (Wildman–Crippen MR) is 95.5 cm³/mol. The van der Waals surface area contributed by atoms with Crippen molar-refractivity contribution in [3.63, 3.8) is 0 Å². The zero-order chi connectivity index (χ0) is 18.0. The van der Waals surface area contributed by atoms with Gasteiger partial charge in [0, 0.05) is 25.0 Å². The number of hydrogen-bond acceptors (Lipinski definition) is 6. The Bertz CT molecular complexity index is 819. The van der Waals surface area contributed by atoms with Gasteiger partial charge in [0.15, 0.2) is 9.84 Å². The van der Waals surface area contributed by atoms with Crippen LogP contribution in [-0.2, 0) is 24.7 Å². The summed E-state index contributed by atoms with van der Waals surface area (Å²) >= 11 is 1.31. The topological polar surface area (TPSA) is 101 Å². The Hall–Kier alpha value is -1.10. The Balaban J connectivity index is 1.95. The lowest BCUT2D eigenvalue weighted by molar-refractivity contribution is -0.113. The van der Waals surface area contributed by atoms with Gasteiger partial charge in [0.05, 0.1) is 22.2 Å². The molecule has 0 spiro atoms. The van der Waals surface area contributed by atoms with Crippen LogP contribution in [0, 0.1) is 0 Å². The van der Waals surface area contributed by atoms with Gasteiger partial charge in [-0.2, -0.15) is 0 Å². The molecule has 134 valence electrons. The van der Waals surface area contributed by atoms with Crippen LogP contribution in [0.15, 0.2) is 29.2 Å². The molecular weight excluding hydrogens is 372 g/mol. The molecule has 1 aromatic rings. The lowest BCUT2D eigenvalue weighted by atomic mass is 10.3. The summed E-state index contributed by atoms with van der Waals surface area (Å²) in [5.74, 6) is 0.131. The second kappa shape index (κ2) is 7.42. The van der Waals surface area contributed by atoms with Gasteiger partial charge in [-0.05, 0) is 24.6 Å². The first-order chi connectivity index (χ1) is 11.1. The molecule has 1 atom stereocenters. The number of benzene rings is 1. The number of rotatable bonds is 6. The van der Waals surface area contributed by atoms with Gasteiger partial charge >= 0.3 is 0 Å². The lowest BCUT2D eigenvalue weighted by Gasteiger charge is -2.13. The summed E-state index contributed by atoms with van der Waals surface area (Å²) < 4.78 is 48.0. The van der Waals surface area contributed by atoms with Gasteiger partial charge in [-0.25, -0.2) is 21.1 Å². The molecule has 0 saturated carbocycles. The minimum atomic E-state index is -3.56.